The summed E-state index contributed by atoms with van der Waals surface area (Å²) in [6.07, 6.45) is 1.66. The van der Waals surface area contributed by atoms with Gasteiger partial charge in [0.05, 0.1) is 17.9 Å². The normalized spacial score (nSPS) is 12.3. The smallest absolute Gasteiger partial charge is 0.271 e. The minimum absolute atomic E-state index is 0.194. The molecule has 0 bridgehead atoms. The van der Waals surface area contributed by atoms with Gasteiger partial charge in [-0.05, 0) is 67.8 Å². The van der Waals surface area contributed by atoms with Crippen molar-refractivity contribution in [3.63, 3.8) is 0 Å². The molecule has 1 amide bonds. The van der Waals surface area contributed by atoms with Gasteiger partial charge in [-0.25, -0.2) is 17.5 Å². The zero-order valence-electron chi connectivity index (χ0n) is 17.8. The number of rotatable bonds is 7. The lowest BCUT2D eigenvalue weighted by molar-refractivity contribution is 0.0940. The number of halogens is 1. The van der Waals surface area contributed by atoms with Gasteiger partial charge in [-0.2, -0.15) is 5.10 Å². The van der Waals surface area contributed by atoms with Crippen molar-refractivity contribution in [2.45, 2.75) is 24.1 Å². The van der Waals surface area contributed by atoms with E-state index in [1.54, 1.807) is 52.7 Å². The summed E-state index contributed by atoms with van der Waals surface area (Å²) in [6, 6.07) is 15.1. The summed E-state index contributed by atoms with van der Waals surface area (Å²) in [5, 5.41) is 8.96. The molecule has 2 heterocycles. The minimum atomic E-state index is -3.71. The van der Waals surface area contributed by atoms with E-state index in [9.17, 15) is 17.6 Å². The van der Waals surface area contributed by atoms with E-state index in [-0.39, 0.29) is 22.0 Å². The molecular weight excluding hydrogens is 463 g/mol. The van der Waals surface area contributed by atoms with E-state index in [0.29, 0.717) is 16.9 Å². The molecule has 2 N–H and O–H groups in total. The molecule has 0 saturated heterocycles. The summed E-state index contributed by atoms with van der Waals surface area (Å²) in [5.74, 6) is -0.682. The van der Waals surface area contributed by atoms with Crippen LogP contribution in [0, 0.1) is 12.7 Å². The van der Waals surface area contributed by atoms with Crippen LogP contribution in [0.5, 0.6) is 0 Å². The largest absolute Gasteiger partial charge is 0.345 e. The predicted octanol–water partition coefficient (Wildman–Crippen LogP) is 4.67. The van der Waals surface area contributed by atoms with E-state index in [1.165, 1.54) is 24.3 Å². The fraction of sp³-hybridized carbons (Fsp3) is 0.130. The van der Waals surface area contributed by atoms with Gasteiger partial charge in [0.1, 0.15) is 10.0 Å². The third-order valence-electron chi connectivity index (χ3n) is 5.07. The first kappa shape index (κ1) is 22.7. The monoisotopic (exact) mass is 484 g/mol. The number of carbonyl (C=O) groups excluding carboxylic acids is 1. The summed E-state index contributed by atoms with van der Waals surface area (Å²) >= 11 is 1.11. The van der Waals surface area contributed by atoms with Crippen LogP contribution in [-0.4, -0.2) is 24.1 Å². The van der Waals surface area contributed by atoms with Crippen molar-refractivity contribution in [1.29, 1.82) is 0 Å². The SMILES string of the molecule is Cc1c(C(C)NC(=O)c2cccc(NS(=O)(=O)c3cccs3)c2)cnn1-c1ccc(F)cc1. The van der Waals surface area contributed by atoms with Crippen LogP contribution < -0.4 is 10.0 Å². The van der Waals surface area contributed by atoms with E-state index >= 15 is 0 Å². The molecule has 170 valence electrons. The highest BCUT2D eigenvalue weighted by Gasteiger charge is 2.19. The maximum absolute atomic E-state index is 13.2. The van der Waals surface area contributed by atoms with Gasteiger partial charge in [0, 0.05) is 22.5 Å². The van der Waals surface area contributed by atoms with Crippen LogP contribution in [0.2, 0.25) is 0 Å². The summed E-state index contributed by atoms with van der Waals surface area (Å²) in [4.78, 5) is 12.8. The average Bonchev–Trinajstić information content (AvgIpc) is 3.45. The highest BCUT2D eigenvalue weighted by atomic mass is 32.2. The molecule has 0 radical (unpaired) electrons. The maximum Gasteiger partial charge on any atom is 0.271 e. The predicted molar refractivity (Wildman–Crippen MR) is 126 cm³/mol. The summed E-state index contributed by atoms with van der Waals surface area (Å²) < 4.78 is 42.5. The highest BCUT2D eigenvalue weighted by molar-refractivity contribution is 7.94. The van der Waals surface area contributed by atoms with Crippen LogP contribution in [0.4, 0.5) is 10.1 Å². The molecule has 33 heavy (non-hydrogen) atoms. The molecule has 0 aliphatic rings. The number of hydrogen-bond donors (Lipinski definition) is 2. The highest BCUT2D eigenvalue weighted by Crippen LogP contribution is 2.23. The van der Waals surface area contributed by atoms with Crippen LogP contribution in [-0.2, 0) is 10.0 Å². The van der Waals surface area contributed by atoms with Crippen molar-refractivity contribution < 1.29 is 17.6 Å². The Morgan fingerprint density at radius 2 is 1.88 bits per heavy atom. The Kier molecular flexibility index (Phi) is 6.30. The van der Waals surface area contributed by atoms with E-state index < -0.39 is 10.0 Å². The Labute approximate surface area is 194 Å². The Hall–Kier alpha value is -3.50. The first-order valence-electron chi connectivity index (χ1n) is 10.0. The van der Waals surface area contributed by atoms with Gasteiger partial charge < -0.3 is 5.32 Å². The lowest BCUT2D eigenvalue weighted by atomic mass is 10.1. The number of anilines is 1. The third-order valence-corrected chi connectivity index (χ3v) is 7.85. The number of thiophene rings is 1. The Balaban J connectivity index is 1.49. The molecule has 7 nitrogen and oxygen atoms in total. The summed E-state index contributed by atoms with van der Waals surface area (Å²) in [5.41, 5.74) is 2.94. The average molecular weight is 485 g/mol. The molecule has 0 fully saturated rings. The lowest BCUT2D eigenvalue weighted by Crippen LogP contribution is -2.27. The molecule has 0 spiro atoms. The number of amides is 1. The zero-order chi connectivity index (χ0) is 23.6. The van der Waals surface area contributed by atoms with Gasteiger partial charge in [-0.3, -0.25) is 9.52 Å². The number of sulfonamides is 1. The number of aromatic nitrogens is 2. The van der Waals surface area contributed by atoms with Crippen molar-refractivity contribution in [2.24, 2.45) is 0 Å². The maximum atomic E-state index is 13.2. The number of hydrogen-bond acceptors (Lipinski definition) is 5. The van der Waals surface area contributed by atoms with Gasteiger partial charge in [-0.15, -0.1) is 11.3 Å². The van der Waals surface area contributed by atoms with Crippen LogP contribution in [0.3, 0.4) is 0 Å². The summed E-state index contributed by atoms with van der Waals surface area (Å²) in [6.45, 7) is 3.70. The molecular formula is C23H21FN4O3S2. The molecule has 2 aromatic heterocycles. The van der Waals surface area contributed by atoms with Gasteiger partial charge in [-0.1, -0.05) is 12.1 Å². The number of carbonyl (C=O) groups is 1. The fourth-order valence-electron chi connectivity index (χ4n) is 3.39. The molecule has 4 aromatic rings. The number of nitrogens with zero attached hydrogens (tertiary/aromatic N) is 2. The molecule has 2 aromatic carbocycles. The molecule has 10 heteroatoms. The third kappa shape index (κ3) is 4.96. The van der Waals surface area contributed by atoms with Crippen molar-refractivity contribution in [1.82, 2.24) is 15.1 Å². The van der Waals surface area contributed by atoms with Crippen LogP contribution in [0.15, 0.2) is 76.4 Å². The van der Waals surface area contributed by atoms with E-state index in [4.69, 9.17) is 0 Å². The molecule has 1 unspecified atom stereocenters. The molecule has 0 aliphatic heterocycles. The molecule has 0 aliphatic carbocycles. The standard InChI is InChI=1S/C23H21FN4O3S2/c1-15(21-14-25-28(16(21)2)20-10-8-18(24)9-11-20)26-23(29)17-5-3-6-19(13-17)27-33(30,31)22-7-4-12-32-22/h3-15,27H,1-2H3,(H,26,29). The topological polar surface area (TPSA) is 93.1 Å². The van der Waals surface area contributed by atoms with Crippen LogP contribution in [0.25, 0.3) is 5.69 Å². The quantitative estimate of drug-likeness (QED) is 0.399. The minimum Gasteiger partial charge on any atom is -0.345 e. The van der Waals surface area contributed by atoms with Crippen LogP contribution in [0.1, 0.15) is 34.6 Å². The Bertz CT molecular complexity index is 1380. The van der Waals surface area contributed by atoms with Gasteiger partial charge >= 0.3 is 0 Å². The Morgan fingerprint density at radius 3 is 2.58 bits per heavy atom. The van der Waals surface area contributed by atoms with E-state index in [2.05, 4.69) is 15.1 Å². The second kappa shape index (κ2) is 9.16. The summed E-state index contributed by atoms with van der Waals surface area (Å²) in [7, 11) is -3.71. The van der Waals surface area contributed by atoms with E-state index in [1.807, 2.05) is 13.8 Å². The lowest BCUT2D eigenvalue weighted by Gasteiger charge is -2.15. The van der Waals surface area contributed by atoms with Crippen LogP contribution >= 0.6 is 11.3 Å². The second-order valence-electron chi connectivity index (χ2n) is 7.39. The fourth-order valence-corrected chi connectivity index (χ4v) is 5.44. The molecule has 1 atom stereocenters. The van der Waals surface area contributed by atoms with Gasteiger partial charge in [0.15, 0.2) is 0 Å². The number of benzene rings is 2. The molecule has 4 rings (SSSR count). The van der Waals surface area contributed by atoms with Crippen molar-refractivity contribution in [3.8, 4) is 5.69 Å². The van der Waals surface area contributed by atoms with Gasteiger partial charge in [0.2, 0.25) is 0 Å². The Morgan fingerprint density at radius 1 is 1.12 bits per heavy atom. The zero-order valence-corrected chi connectivity index (χ0v) is 19.5. The van der Waals surface area contributed by atoms with Crippen molar-refractivity contribution in [2.75, 3.05) is 4.72 Å². The van der Waals surface area contributed by atoms with Gasteiger partial charge in [0.25, 0.3) is 15.9 Å². The van der Waals surface area contributed by atoms with Crippen molar-refractivity contribution in [3.05, 3.63) is 94.9 Å². The molecule has 0 saturated carbocycles. The van der Waals surface area contributed by atoms with E-state index in [0.717, 1.165) is 22.6 Å². The first-order valence-corrected chi connectivity index (χ1v) is 12.4. The second-order valence-corrected chi connectivity index (χ2v) is 10.2. The number of nitrogens with one attached hydrogen (secondary N) is 2. The first-order chi connectivity index (χ1) is 15.7. The van der Waals surface area contributed by atoms with Crippen molar-refractivity contribution >= 4 is 33.0 Å².